The third-order valence-electron chi connectivity index (χ3n) is 5.24. The molecule has 1 atom stereocenters. The van der Waals surface area contributed by atoms with Crippen LogP contribution >= 0.6 is 11.6 Å². The Labute approximate surface area is 170 Å². The second kappa shape index (κ2) is 10.3. The lowest BCUT2D eigenvalue weighted by Crippen LogP contribution is -2.41. The molecule has 0 saturated heterocycles. The zero-order valence-corrected chi connectivity index (χ0v) is 17.1. The molecule has 1 aliphatic carbocycles. The minimum atomic E-state index is -0.755. The average molecular weight is 410 g/mol. The summed E-state index contributed by atoms with van der Waals surface area (Å²) < 4.78 is 5.15. The van der Waals surface area contributed by atoms with Gasteiger partial charge in [-0.2, -0.15) is 0 Å². The zero-order chi connectivity index (χ0) is 20.7. The van der Waals surface area contributed by atoms with E-state index in [0.29, 0.717) is 16.5 Å². The number of nitrogens with zero attached hydrogens (tertiary/aromatic N) is 1. The topological polar surface area (TPSA) is 102 Å². The lowest BCUT2D eigenvalue weighted by molar-refractivity contribution is -0.153. The molecular weight excluding hydrogens is 382 g/mol. The monoisotopic (exact) mass is 409 g/mol. The number of ether oxygens (including phenoxy) is 1. The maximum absolute atomic E-state index is 12.3. The molecule has 154 valence electrons. The van der Waals surface area contributed by atoms with Crippen molar-refractivity contribution < 1.29 is 19.1 Å². The maximum atomic E-state index is 12.3. The Kier molecular flexibility index (Phi) is 8.11. The number of likely N-dealkylation sites (N-methyl/N-ethyl adjacent to an activating group) is 1. The van der Waals surface area contributed by atoms with Crippen LogP contribution < -0.4 is 11.1 Å². The molecule has 0 radical (unpaired) electrons. The zero-order valence-electron chi connectivity index (χ0n) is 16.3. The Morgan fingerprint density at radius 3 is 2.39 bits per heavy atom. The fourth-order valence-corrected chi connectivity index (χ4v) is 3.55. The third-order valence-corrected chi connectivity index (χ3v) is 5.49. The van der Waals surface area contributed by atoms with Crippen molar-refractivity contribution in [3.8, 4) is 0 Å². The van der Waals surface area contributed by atoms with Gasteiger partial charge in [0, 0.05) is 18.1 Å². The molecule has 1 aromatic carbocycles. The predicted molar refractivity (Wildman–Crippen MR) is 107 cm³/mol. The first kappa shape index (κ1) is 22.0. The minimum absolute atomic E-state index is 0.136. The molecule has 0 bridgehead atoms. The van der Waals surface area contributed by atoms with Crippen molar-refractivity contribution in [2.45, 2.75) is 51.1 Å². The first-order valence-electron chi connectivity index (χ1n) is 9.49. The Bertz CT molecular complexity index is 687. The molecule has 28 heavy (non-hydrogen) atoms. The van der Waals surface area contributed by atoms with Crippen molar-refractivity contribution in [2.75, 3.05) is 13.7 Å². The summed E-state index contributed by atoms with van der Waals surface area (Å²) in [6.07, 6.45) is 4.01. The number of carbonyl (C=O) groups is 3. The van der Waals surface area contributed by atoms with Gasteiger partial charge >= 0.3 is 12.0 Å². The molecule has 7 nitrogen and oxygen atoms in total. The molecule has 0 aliphatic heterocycles. The Hall–Kier alpha value is -2.28. The molecule has 8 heteroatoms. The number of esters is 1. The van der Waals surface area contributed by atoms with Crippen LogP contribution in [0.15, 0.2) is 24.3 Å². The van der Waals surface area contributed by atoms with Crippen molar-refractivity contribution in [3.05, 3.63) is 34.9 Å². The van der Waals surface area contributed by atoms with Gasteiger partial charge in [0.1, 0.15) is 0 Å². The highest BCUT2D eigenvalue weighted by Gasteiger charge is 2.26. The number of nitrogens with two attached hydrogens (primary N) is 1. The van der Waals surface area contributed by atoms with E-state index in [9.17, 15) is 14.4 Å². The van der Waals surface area contributed by atoms with Crippen LogP contribution in [0.3, 0.4) is 0 Å². The summed E-state index contributed by atoms with van der Waals surface area (Å²) in [7, 11) is 1.75. The second-order valence-electron chi connectivity index (χ2n) is 7.40. The normalized spacial score (nSPS) is 20.1. The molecule has 2 rings (SSSR count). The molecule has 1 aromatic rings. The van der Waals surface area contributed by atoms with Crippen LogP contribution in [-0.2, 0) is 14.3 Å². The van der Waals surface area contributed by atoms with Gasteiger partial charge in [0.05, 0.1) is 12.5 Å². The lowest BCUT2D eigenvalue weighted by atomic mass is 9.87. The minimum Gasteiger partial charge on any atom is -0.455 e. The van der Waals surface area contributed by atoms with Crippen LogP contribution in [0.2, 0.25) is 5.02 Å². The van der Waals surface area contributed by atoms with Crippen LogP contribution in [0, 0.1) is 5.92 Å². The van der Waals surface area contributed by atoms with Gasteiger partial charge in [0.25, 0.3) is 5.91 Å². The average Bonchev–Trinajstić information content (AvgIpc) is 2.66. The smallest absolute Gasteiger partial charge is 0.312 e. The van der Waals surface area contributed by atoms with Crippen LogP contribution in [-0.4, -0.2) is 42.5 Å². The standard InChI is InChI=1S/C20H28ClN3O4/c1-13-3-9-16(10-4-13)24(2)18(25)12-28-19(26)11-17(23-20(22)27)14-5-7-15(21)8-6-14/h5-8,13,16-17H,3-4,9-12H2,1-2H3,(H3,22,23,27)/t13?,16?,17-/m1/s1. The summed E-state index contributed by atoms with van der Waals surface area (Å²) in [5, 5.41) is 3.05. The largest absolute Gasteiger partial charge is 0.455 e. The van der Waals surface area contributed by atoms with Gasteiger partial charge in [-0.15, -0.1) is 0 Å². The highest BCUT2D eigenvalue weighted by atomic mass is 35.5. The Balaban J connectivity index is 1.87. The molecule has 0 unspecified atom stereocenters. The van der Waals surface area contributed by atoms with E-state index >= 15 is 0 Å². The van der Waals surface area contributed by atoms with E-state index in [2.05, 4.69) is 12.2 Å². The molecule has 0 aromatic heterocycles. The van der Waals surface area contributed by atoms with E-state index in [1.807, 2.05) is 0 Å². The fraction of sp³-hybridized carbons (Fsp3) is 0.550. The van der Waals surface area contributed by atoms with Crippen molar-refractivity contribution in [1.29, 1.82) is 0 Å². The fourth-order valence-electron chi connectivity index (χ4n) is 3.42. The van der Waals surface area contributed by atoms with Gasteiger partial charge in [0.15, 0.2) is 6.61 Å². The first-order valence-corrected chi connectivity index (χ1v) is 9.86. The van der Waals surface area contributed by atoms with Gasteiger partial charge in [0.2, 0.25) is 0 Å². The van der Waals surface area contributed by atoms with Crippen LogP contribution in [0.5, 0.6) is 0 Å². The summed E-state index contributed by atoms with van der Waals surface area (Å²) in [5.41, 5.74) is 5.87. The number of carbonyl (C=O) groups excluding carboxylic acids is 3. The van der Waals surface area contributed by atoms with E-state index in [1.165, 1.54) is 0 Å². The van der Waals surface area contributed by atoms with Gasteiger partial charge < -0.3 is 20.7 Å². The lowest BCUT2D eigenvalue weighted by Gasteiger charge is -2.33. The highest BCUT2D eigenvalue weighted by molar-refractivity contribution is 6.30. The van der Waals surface area contributed by atoms with Crippen LogP contribution in [0.25, 0.3) is 0 Å². The van der Waals surface area contributed by atoms with Gasteiger partial charge in [-0.25, -0.2) is 4.79 Å². The number of urea groups is 1. The van der Waals surface area contributed by atoms with Gasteiger partial charge in [-0.05, 0) is 49.3 Å². The van der Waals surface area contributed by atoms with E-state index < -0.39 is 18.0 Å². The molecule has 1 saturated carbocycles. The van der Waals surface area contributed by atoms with E-state index in [1.54, 1.807) is 36.2 Å². The number of nitrogens with one attached hydrogen (secondary N) is 1. The SMILES string of the molecule is CC1CCC(N(C)C(=O)COC(=O)C[C@@H](NC(N)=O)c2ccc(Cl)cc2)CC1. The third kappa shape index (κ3) is 6.71. The Morgan fingerprint density at radius 2 is 1.82 bits per heavy atom. The molecule has 1 fully saturated rings. The molecule has 3 amide bonds. The van der Waals surface area contributed by atoms with Crippen molar-refractivity contribution in [1.82, 2.24) is 10.2 Å². The molecular formula is C20H28ClN3O4. The van der Waals surface area contributed by atoms with Crippen molar-refractivity contribution in [3.63, 3.8) is 0 Å². The summed E-state index contributed by atoms with van der Waals surface area (Å²) in [4.78, 5) is 37.5. The number of hydrogen-bond acceptors (Lipinski definition) is 4. The van der Waals surface area contributed by atoms with E-state index in [-0.39, 0.29) is 25.0 Å². The highest BCUT2D eigenvalue weighted by Crippen LogP contribution is 2.26. The first-order chi connectivity index (χ1) is 13.3. The number of halogens is 1. The van der Waals surface area contributed by atoms with Crippen molar-refractivity contribution in [2.24, 2.45) is 11.7 Å². The van der Waals surface area contributed by atoms with Crippen LogP contribution in [0.4, 0.5) is 4.79 Å². The molecule has 1 aliphatic rings. The summed E-state index contributed by atoms with van der Waals surface area (Å²) in [6, 6.07) is 5.48. The maximum Gasteiger partial charge on any atom is 0.312 e. The van der Waals surface area contributed by atoms with Crippen molar-refractivity contribution >= 4 is 29.5 Å². The second-order valence-corrected chi connectivity index (χ2v) is 7.83. The predicted octanol–water partition coefficient (Wildman–Crippen LogP) is 3.02. The number of amides is 3. The molecule has 3 N–H and O–H groups in total. The summed E-state index contributed by atoms with van der Waals surface area (Å²) in [6.45, 7) is 1.91. The molecule has 0 spiro atoms. The van der Waals surface area contributed by atoms with Gasteiger partial charge in [-0.1, -0.05) is 30.7 Å². The van der Waals surface area contributed by atoms with E-state index in [0.717, 1.165) is 25.7 Å². The number of primary amides is 1. The Morgan fingerprint density at radius 1 is 1.21 bits per heavy atom. The summed E-state index contributed by atoms with van der Waals surface area (Å²) in [5.74, 6) is -0.119. The summed E-state index contributed by atoms with van der Waals surface area (Å²) >= 11 is 5.87. The van der Waals surface area contributed by atoms with Crippen LogP contribution in [0.1, 0.15) is 50.6 Å². The van der Waals surface area contributed by atoms with Gasteiger partial charge in [-0.3, -0.25) is 9.59 Å². The number of benzene rings is 1. The van der Waals surface area contributed by atoms with E-state index in [4.69, 9.17) is 22.1 Å². The number of rotatable bonds is 7. The number of hydrogen-bond donors (Lipinski definition) is 2. The molecule has 0 heterocycles. The quantitative estimate of drug-likeness (QED) is 0.675.